The summed E-state index contributed by atoms with van der Waals surface area (Å²) in [4.78, 5) is 6.46. The molecule has 7 heteroatoms. The molecule has 1 aromatic rings. The number of aryl methyl sites for hydroxylation is 1. The van der Waals surface area contributed by atoms with Crippen molar-refractivity contribution in [3.8, 4) is 0 Å². The molecule has 2 rings (SSSR count). The van der Waals surface area contributed by atoms with Gasteiger partial charge in [0.25, 0.3) is 0 Å². The number of sulfone groups is 1. The first-order valence-corrected chi connectivity index (χ1v) is 8.54. The van der Waals surface area contributed by atoms with E-state index in [1.807, 2.05) is 6.92 Å². The number of nitrogens with zero attached hydrogens (tertiary/aromatic N) is 3. The SMILES string of the molecule is Cc1nsc(N2CCCC[C@H]2CS(C)(=O)=O)n1. The van der Waals surface area contributed by atoms with Gasteiger partial charge in [-0.1, -0.05) is 0 Å². The molecule has 0 aromatic carbocycles. The highest BCUT2D eigenvalue weighted by molar-refractivity contribution is 7.90. The van der Waals surface area contributed by atoms with Crippen LogP contribution in [0.25, 0.3) is 0 Å². The van der Waals surface area contributed by atoms with Crippen molar-refractivity contribution in [3.05, 3.63) is 5.82 Å². The van der Waals surface area contributed by atoms with E-state index in [1.165, 1.54) is 17.8 Å². The minimum atomic E-state index is -2.94. The summed E-state index contributed by atoms with van der Waals surface area (Å²) in [5.41, 5.74) is 0. The summed E-state index contributed by atoms with van der Waals surface area (Å²) in [5, 5.41) is 0.857. The molecule has 0 saturated carbocycles. The molecule has 1 fully saturated rings. The van der Waals surface area contributed by atoms with E-state index in [2.05, 4.69) is 14.3 Å². The van der Waals surface area contributed by atoms with Crippen molar-refractivity contribution < 1.29 is 8.42 Å². The van der Waals surface area contributed by atoms with E-state index < -0.39 is 9.84 Å². The third kappa shape index (κ3) is 3.38. The second-order valence-electron chi connectivity index (χ2n) is 4.56. The molecule has 0 N–H and O–H groups in total. The topological polar surface area (TPSA) is 63.2 Å². The Labute approximate surface area is 106 Å². The Morgan fingerprint density at radius 3 is 2.82 bits per heavy atom. The van der Waals surface area contributed by atoms with E-state index in [9.17, 15) is 8.42 Å². The summed E-state index contributed by atoms with van der Waals surface area (Å²) in [6.07, 6.45) is 4.41. The lowest BCUT2D eigenvalue weighted by molar-refractivity contribution is 0.480. The van der Waals surface area contributed by atoms with Gasteiger partial charge < -0.3 is 4.90 Å². The summed E-state index contributed by atoms with van der Waals surface area (Å²) in [7, 11) is -2.94. The van der Waals surface area contributed by atoms with E-state index >= 15 is 0 Å². The average molecular weight is 275 g/mol. The van der Waals surface area contributed by atoms with Crippen LogP contribution in [-0.2, 0) is 9.84 Å². The molecule has 1 aliphatic heterocycles. The van der Waals surface area contributed by atoms with Crippen LogP contribution in [0.15, 0.2) is 0 Å². The van der Waals surface area contributed by atoms with Crippen LogP contribution in [0.2, 0.25) is 0 Å². The molecule has 0 amide bonds. The van der Waals surface area contributed by atoms with Crippen LogP contribution in [-0.4, -0.2) is 42.4 Å². The fourth-order valence-corrected chi connectivity index (χ4v) is 4.00. The molecule has 1 atom stereocenters. The Hall–Kier alpha value is -0.690. The molecule has 0 radical (unpaired) electrons. The summed E-state index contributed by atoms with van der Waals surface area (Å²) in [5.74, 6) is 0.972. The number of hydrogen-bond acceptors (Lipinski definition) is 6. The van der Waals surface area contributed by atoms with Crippen molar-refractivity contribution in [2.45, 2.75) is 32.2 Å². The number of rotatable bonds is 3. The minimum Gasteiger partial charge on any atom is -0.343 e. The van der Waals surface area contributed by atoms with Crippen molar-refractivity contribution in [2.75, 3.05) is 23.5 Å². The normalized spacial score (nSPS) is 21.8. The summed E-state index contributed by atoms with van der Waals surface area (Å²) < 4.78 is 27.0. The number of hydrogen-bond donors (Lipinski definition) is 0. The molecule has 1 aliphatic rings. The molecule has 96 valence electrons. The van der Waals surface area contributed by atoms with E-state index in [0.29, 0.717) is 0 Å². The maximum Gasteiger partial charge on any atom is 0.205 e. The Kier molecular flexibility index (Phi) is 3.67. The van der Waals surface area contributed by atoms with Crippen LogP contribution in [0.5, 0.6) is 0 Å². The van der Waals surface area contributed by atoms with Gasteiger partial charge in [0.15, 0.2) is 0 Å². The third-order valence-corrected chi connectivity index (χ3v) is 4.72. The predicted molar refractivity (Wildman–Crippen MR) is 69.3 cm³/mol. The van der Waals surface area contributed by atoms with Crippen molar-refractivity contribution in [1.82, 2.24) is 9.36 Å². The fourth-order valence-electron chi connectivity index (χ4n) is 2.18. The molecule has 0 aliphatic carbocycles. The maximum atomic E-state index is 11.4. The molecular weight excluding hydrogens is 258 g/mol. The predicted octanol–water partition coefficient (Wildman–Crippen LogP) is 1.25. The first kappa shape index (κ1) is 12.8. The Morgan fingerprint density at radius 1 is 1.47 bits per heavy atom. The molecule has 5 nitrogen and oxygen atoms in total. The number of piperidine rings is 1. The Balaban J connectivity index is 2.17. The van der Waals surface area contributed by atoms with Crippen LogP contribution in [0, 0.1) is 6.92 Å². The molecule has 1 saturated heterocycles. The summed E-state index contributed by atoms with van der Waals surface area (Å²) in [6.45, 7) is 2.74. The van der Waals surface area contributed by atoms with Gasteiger partial charge in [-0.2, -0.15) is 4.37 Å². The first-order valence-electron chi connectivity index (χ1n) is 5.70. The summed E-state index contributed by atoms with van der Waals surface area (Å²) in [6, 6.07) is 0.0612. The standard InChI is InChI=1S/C10H17N3O2S2/c1-8-11-10(16-12-8)13-6-4-3-5-9(13)7-17(2,14)15/h9H,3-7H2,1-2H3/t9-/m0/s1. The zero-order chi connectivity index (χ0) is 12.5. The van der Waals surface area contributed by atoms with Crippen LogP contribution in [0.1, 0.15) is 25.1 Å². The van der Waals surface area contributed by atoms with Crippen LogP contribution >= 0.6 is 11.5 Å². The molecular formula is C10H17N3O2S2. The molecule has 0 bridgehead atoms. The lowest BCUT2D eigenvalue weighted by Crippen LogP contribution is -2.43. The lowest BCUT2D eigenvalue weighted by atomic mass is 10.0. The van der Waals surface area contributed by atoms with Gasteiger partial charge in [0.05, 0.1) is 5.75 Å². The van der Waals surface area contributed by atoms with Crippen molar-refractivity contribution in [3.63, 3.8) is 0 Å². The van der Waals surface area contributed by atoms with Crippen molar-refractivity contribution in [1.29, 1.82) is 0 Å². The van der Waals surface area contributed by atoms with Gasteiger partial charge in [-0.3, -0.25) is 0 Å². The number of anilines is 1. The van der Waals surface area contributed by atoms with E-state index in [0.717, 1.165) is 36.8 Å². The quantitative estimate of drug-likeness (QED) is 0.830. The largest absolute Gasteiger partial charge is 0.343 e. The van der Waals surface area contributed by atoms with Gasteiger partial charge in [-0.25, -0.2) is 13.4 Å². The smallest absolute Gasteiger partial charge is 0.205 e. The van der Waals surface area contributed by atoms with Gasteiger partial charge in [-0.15, -0.1) is 0 Å². The zero-order valence-corrected chi connectivity index (χ0v) is 11.7. The van der Waals surface area contributed by atoms with Gasteiger partial charge in [-0.05, 0) is 26.2 Å². The molecule has 2 heterocycles. The minimum absolute atomic E-state index is 0.0612. The third-order valence-electron chi connectivity index (χ3n) is 2.88. The van der Waals surface area contributed by atoms with Crippen molar-refractivity contribution >= 4 is 26.5 Å². The lowest BCUT2D eigenvalue weighted by Gasteiger charge is -2.34. The van der Waals surface area contributed by atoms with Crippen LogP contribution in [0.3, 0.4) is 0 Å². The maximum absolute atomic E-state index is 11.4. The van der Waals surface area contributed by atoms with Crippen molar-refractivity contribution in [2.24, 2.45) is 0 Å². The highest BCUT2D eigenvalue weighted by Gasteiger charge is 2.27. The zero-order valence-electron chi connectivity index (χ0n) is 10.1. The van der Waals surface area contributed by atoms with Gasteiger partial charge in [0, 0.05) is 30.4 Å². The van der Waals surface area contributed by atoms with E-state index in [-0.39, 0.29) is 11.8 Å². The summed E-state index contributed by atoms with van der Waals surface area (Å²) >= 11 is 1.36. The van der Waals surface area contributed by atoms with E-state index in [1.54, 1.807) is 0 Å². The average Bonchev–Trinajstić information content (AvgIpc) is 2.63. The molecule has 17 heavy (non-hydrogen) atoms. The van der Waals surface area contributed by atoms with Gasteiger partial charge >= 0.3 is 0 Å². The Morgan fingerprint density at radius 2 is 2.24 bits per heavy atom. The highest BCUT2D eigenvalue weighted by Crippen LogP contribution is 2.26. The van der Waals surface area contributed by atoms with Gasteiger partial charge in [0.2, 0.25) is 5.13 Å². The monoisotopic (exact) mass is 275 g/mol. The first-order chi connectivity index (χ1) is 7.96. The fraction of sp³-hybridized carbons (Fsp3) is 0.800. The Bertz CT molecular complexity index is 483. The van der Waals surface area contributed by atoms with Gasteiger partial charge in [0.1, 0.15) is 15.7 Å². The highest BCUT2D eigenvalue weighted by atomic mass is 32.2. The second kappa shape index (κ2) is 4.89. The molecule has 0 unspecified atom stereocenters. The second-order valence-corrected chi connectivity index (χ2v) is 7.47. The van der Waals surface area contributed by atoms with E-state index in [4.69, 9.17) is 0 Å². The van der Waals surface area contributed by atoms with Crippen LogP contribution in [0.4, 0.5) is 5.13 Å². The number of aromatic nitrogens is 2. The molecule has 1 aromatic heterocycles. The van der Waals surface area contributed by atoms with Crippen LogP contribution < -0.4 is 4.90 Å². The molecule has 0 spiro atoms.